The summed E-state index contributed by atoms with van der Waals surface area (Å²) >= 11 is 0. The molecule has 0 aliphatic heterocycles. The summed E-state index contributed by atoms with van der Waals surface area (Å²) in [6.07, 6.45) is 4.90. The molecule has 0 amide bonds. The molecule has 0 atom stereocenters. The summed E-state index contributed by atoms with van der Waals surface area (Å²) in [6.45, 7) is 5.74. The number of nitrogens with one attached hydrogen (secondary N) is 2. The van der Waals surface area contributed by atoms with Crippen molar-refractivity contribution in [1.82, 2.24) is 20.4 Å². The van der Waals surface area contributed by atoms with Crippen LogP contribution in [0.1, 0.15) is 48.2 Å². The Labute approximate surface area is 191 Å². The molecule has 0 unspecified atom stereocenters. The van der Waals surface area contributed by atoms with Gasteiger partial charge in [0.05, 0.1) is 12.8 Å². The molecule has 3 rings (SSSR count). The lowest BCUT2D eigenvalue weighted by molar-refractivity contribution is 0.404. The Morgan fingerprint density at radius 3 is 2.55 bits per heavy atom. The lowest BCUT2D eigenvalue weighted by Crippen LogP contribution is -2.44. The SMILES string of the molecule is CN=C(NCc1c(C)nn(C)c1C)NCC1(c2cccc(OC)c2)CCCC1.I. The van der Waals surface area contributed by atoms with E-state index in [9.17, 15) is 0 Å². The number of aryl methyl sites for hydroxylation is 2. The van der Waals surface area contributed by atoms with Crippen LogP contribution in [-0.2, 0) is 19.0 Å². The van der Waals surface area contributed by atoms with Crippen LogP contribution in [0.3, 0.4) is 0 Å². The number of aliphatic imine (C=N–C) groups is 1. The number of methoxy groups -OCH3 is 1. The molecule has 7 heteroatoms. The summed E-state index contributed by atoms with van der Waals surface area (Å²) in [4.78, 5) is 4.43. The van der Waals surface area contributed by atoms with Gasteiger partial charge in [-0.2, -0.15) is 5.10 Å². The Kier molecular flexibility index (Phi) is 8.36. The fraction of sp³-hybridized carbons (Fsp3) is 0.545. The molecule has 1 aliphatic carbocycles. The second kappa shape index (κ2) is 10.3. The zero-order chi connectivity index (χ0) is 20.1. The van der Waals surface area contributed by atoms with Crippen LogP contribution in [0.5, 0.6) is 5.75 Å². The lowest BCUT2D eigenvalue weighted by Gasteiger charge is -2.31. The minimum atomic E-state index is 0. The van der Waals surface area contributed by atoms with Gasteiger partial charge < -0.3 is 15.4 Å². The molecule has 0 saturated heterocycles. The van der Waals surface area contributed by atoms with Crippen molar-refractivity contribution in [2.75, 3.05) is 20.7 Å². The number of guanidine groups is 1. The van der Waals surface area contributed by atoms with Gasteiger partial charge in [0.25, 0.3) is 0 Å². The molecule has 0 bridgehead atoms. The Hall–Kier alpha value is -1.77. The lowest BCUT2D eigenvalue weighted by atomic mass is 9.78. The van der Waals surface area contributed by atoms with Gasteiger partial charge in [0.2, 0.25) is 0 Å². The zero-order valence-electron chi connectivity index (χ0n) is 18.2. The van der Waals surface area contributed by atoms with E-state index in [1.807, 2.05) is 24.8 Å². The molecule has 1 aliphatic rings. The smallest absolute Gasteiger partial charge is 0.191 e. The van der Waals surface area contributed by atoms with E-state index >= 15 is 0 Å². The van der Waals surface area contributed by atoms with Gasteiger partial charge in [-0.15, -0.1) is 24.0 Å². The van der Waals surface area contributed by atoms with Gasteiger partial charge in [-0.05, 0) is 44.4 Å². The summed E-state index contributed by atoms with van der Waals surface area (Å²) in [5, 5.41) is 11.5. The first-order chi connectivity index (χ1) is 13.5. The van der Waals surface area contributed by atoms with Gasteiger partial charge in [-0.25, -0.2) is 0 Å². The molecule has 1 heterocycles. The molecule has 29 heavy (non-hydrogen) atoms. The van der Waals surface area contributed by atoms with Gasteiger partial charge in [0.1, 0.15) is 5.75 Å². The Morgan fingerprint density at radius 1 is 1.24 bits per heavy atom. The number of rotatable bonds is 6. The van der Waals surface area contributed by atoms with Crippen molar-refractivity contribution in [3.63, 3.8) is 0 Å². The van der Waals surface area contributed by atoms with E-state index in [0.29, 0.717) is 0 Å². The molecule has 1 saturated carbocycles. The third-order valence-electron chi connectivity index (χ3n) is 6.15. The number of hydrogen-bond donors (Lipinski definition) is 2. The van der Waals surface area contributed by atoms with Crippen LogP contribution >= 0.6 is 24.0 Å². The molecule has 2 N–H and O–H groups in total. The summed E-state index contributed by atoms with van der Waals surface area (Å²) in [5.74, 6) is 1.76. The largest absolute Gasteiger partial charge is 0.497 e. The third-order valence-corrected chi connectivity index (χ3v) is 6.15. The average molecular weight is 511 g/mol. The van der Waals surface area contributed by atoms with Crippen molar-refractivity contribution in [2.45, 2.75) is 51.5 Å². The number of benzene rings is 1. The Balaban J connectivity index is 0.00000300. The highest BCUT2D eigenvalue weighted by Crippen LogP contribution is 2.41. The van der Waals surface area contributed by atoms with Crippen LogP contribution in [0.15, 0.2) is 29.3 Å². The van der Waals surface area contributed by atoms with Gasteiger partial charge in [0, 0.05) is 43.9 Å². The van der Waals surface area contributed by atoms with Crippen molar-refractivity contribution in [1.29, 1.82) is 0 Å². The number of nitrogens with zero attached hydrogens (tertiary/aromatic N) is 3. The summed E-state index contributed by atoms with van der Waals surface area (Å²) in [5.41, 5.74) is 4.96. The van der Waals surface area contributed by atoms with E-state index in [2.05, 4.69) is 52.8 Å². The zero-order valence-corrected chi connectivity index (χ0v) is 20.5. The molecular weight excluding hydrogens is 477 g/mol. The second-order valence-electron chi connectivity index (χ2n) is 7.77. The molecular formula is C22H34IN5O. The van der Waals surface area contributed by atoms with Gasteiger partial charge in [-0.3, -0.25) is 9.67 Å². The highest BCUT2D eigenvalue weighted by atomic mass is 127. The summed E-state index contributed by atoms with van der Waals surface area (Å²) in [7, 11) is 5.54. The molecule has 6 nitrogen and oxygen atoms in total. The van der Waals surface area contributed by atoms with Crippen LogP contribution < -0.4 is 15.4 Å². The van der Waals surface area contributed by atoms with Crippen LogP contribution in [0, 0.1) is 13.8 Å². The number of halogens is 1. The first-order valence-electron chi connectivity index (χ1n) is 10.1. The fourth-order valence-corrected chi connectivity index (χ4v) is 4.29. The maximum Gasteiger partial charge on any atom is 0.191 e. The Bertz CT molecular complexity index is 840. The molecule has 0 radical (unpaired) electrons. The normalized spacial score (nSPS) is 15.7. The summed E-state index contributed by atoms with van der Waals surface area (Å²) in [6, 6.07) is 8.52. The topological polar surface area (TPSA) is 63.5 Å². The predicted octanol–water partition coefficient (Wildman–Crippen LogP) is 3.84. The van der Waals surface area contributed by atoms with Crippen LogP contribution in [0.4, 0.5) is 0 Å². The van der Waals surface area contributed by atoms with E-state index in [1.54, 1.807) is 7.11 Å². The quantitative estimate of drug-likeness (QED) is 0.352. The highest BCUT2D eigenvalue weighted by Gasteiger charge is 2.36. The van der Waals surface area contributed by atoms with Gasteiger partial charge >= 0.3 is 0 Å². The van der Waals surface area contributed by atoms with Crippen LogP contribution in [0.25, 0.3) is 0 Å². The molecule has 0 spiro atoms. The number of hydrogen-bond acceptors (Lipinski definition) is 3. The first kappa shape index (κ1) is 23.5. The van der Waals surface area contributed by atoms with Crippen molar-refractivity contribution in [2.24, 2.45) is 12.0 Å². The fourth-order valence-electron chi connectivity index (χ4n) is 4.29. The molecule has 1 aromatic carbocycles. The standard InChI is InChI=1S/C22H33N5O.HI/c1-16-20(17(2)27(4)26-16)14-24-21(23-3)25-15-22(11-6-7-12-22)18-9-8-10-19(13-18)28-5;/h8-10,13H,6-7,11-12,14-15H2,1-5H3,(H2,23,24,25);1H. The van der Waals surface area contributed by atoms with Crippen molar-refractivity contribution < 1.29 is 4.74 Å². The average Bonchev–Trinajstić information content (AvgIpc) is 3.28. The Morgan fingerprint density at radius 2 is 1.97 bits per heavy atom. The van der Waals surface area contributed by atoms with Gasteiger partial charge in [-0.1, -0.05) is 25.0 Å². The highest BCUT2D eigenvalue weighted by molar-refractivity contribution is 14.0. The van der Waals surface area contributed by atoms with E-state index in [0.717, 1.165) is 30.5 Å². The minimum absolute atomic E-state index is 0. The first-order valence-corrected chi connectivity index (χ1v) is 10.1. The number of aromatic nitrogens is 2. The van der Waals surface area contributed by atoms with Crippen LogP contribution in [-0.4, -0.2) is 36.4 Å². The van der Waals surface area contributed by atoms with E-state index in [4.69, 9.17) is 4.74 Å². The maximum absolute atomic E-state index is 5.45. The molecule has 1 fully saturated rings. The second-order valence-corrected chi connectivity index (χ2v) is 7.77. The number of ether oxygens (including phenoxy) is 1. The van der Waals surface area contributed by atoms with Crippen LogP contribution in [0.2, 0.25) is 0 Å². The van der Waals surface area contributed by atoms with E-state index < -0.39 is 0 Å². The monoisotopic (exact) mass is 511 g/mol. The van der Waals surface area contributed by atoms with Crippen molar-refractivity contribution >= 4 is 29.9 Å². The summed E-state index contributed by atoms with van der Waals surface area (Å²) < 4.78 is 7.38. The predicted molar refractivity (Wildman–Crippen MR) is 129 cm³/mol. The van der Waals surface area contributed by atoms with Crippen molar-refractivity contribution in [3.8, 4) is 5.75 Å². The molecule has 160 valence electrons. The minimum Gasteiger partial charge on any atom is -0.497 e. The molecule has 2 aromatic rings. The molecule has 1 aromatic heterocycles. The van der Waals surface area contributed by atoms with Gasteiger partial charge in [0.15, 0.2) is 5.96 Å². The van der Waals surface area contributed by atoms with Crippen molar-refractivity contribution in [3.05, 3.63) is 46.8 Å². The van der Waals surface area contributed by atoms with E-state index in [1.165, 1.54) is 42.5 Å². The third kappa shape index (κ3) is 5.24. The maximum atomic E-state index is 5.45. The van der Waals surface area contributed by atoms with E-state index in [-0.39, 0.29) is 29.4 Å².